The Kier molecular flexibility index (Phi) is 4.74. The number of aryl methyl sites for hydroxylation is 1. The van der Waals surface area contributed by atoms with E-state index in [9.17, 15) is 0 Å². The second-order valence-corrected chi connectivity index (χ2v) is 4.09. The van der Waals surface area contributed by atoms with Gasteiger partial charge in [0.2, 0.25) is 0 Å². The van der Waals surface area contributed by atoms with Gasteiger partial charge in [-0.05, 0) is 44.4 Å². The number of anilines is 1. The third-order valence-electron chi connectivity index (χ3n) is 3.06. The van der Waals surface area contributed by atoms with Gasteiger partial charge in [-0.1, -0.05) is 6.92 Å². The number of nitrogens with two attached hydrogens (primary N) is 1. The fourth-order valence-corrected chi connectivity index (χ4v) is 1.88. The molecule has 0 unspecified atom stereocenters. The van der Waals surface area contributed by atoms with Gasteiger partial charge in [0.15, 0.2) is 0 Å². The van der Waals surface area contributed by atoms with Crippen LogP contribution in [0, 0.1) is 6.92 Å². The van der Waals surface area contributed by atoms with Gasteiger partial charge in [0.05, 0.1) is 0 Å². The molecule has 3 heteroatoms. The Morgan fingerprint density at radius 2 is 1.94 bits per heavy atom. The van der Waals surface area contributed by atoms with Crippen LogP contribution in [0.5, 0.6) is 0 Å². The molecular formula is C13H23N3. The van der Waals surface area contributed by atoms with Crippen molar-refractivity contribution >= 4 is 5.82 Å². The Morgan fingerprint density at radius 1 is 1.31 bits per heavy atom. The fraction of sp³-hybridized carbons (Fsp3) is 0.615. The molecule has 90 valence electrons. The minimum Gasteiger partial charge on any atom is -0.357 e. The Labute approximate surface area is 98.7 Å². The third kappa shape index (κ3) is 2.73. The van der Waals surface area contributed by atoms with E-state index in [1.54, 1.807) is 0 Å². The van der Waals surface area contributed by atoms with E-state index in [4.69, 9.17) is 5.73 Å². The van der Waals surface area contributed by atoms with Gasteiger partial charge in [0.25, 0.3) is 0 Å². The maximum Gasteiger partial charge on any atom is 0.128 e. The Balaban J connectivity index is 2.98. The minimum atomic E-state index is 0.109. The van der Waals surface area contributed by atoms with Crippen LogP contribution in [-0.4, -0.2) is 18.1 Å². The van der Waals surface area contributed by atoms with E-state index in [0.29, 0.717) is 0 Å². The van der Waals surface area contributed by atoms with Gasteiger partial charge in [-0.25, -0.2) is 4.98 Å². The molecule has 0 amide bonds. The molecule has 0 saturated carbocycles. The van der Waals surface area contributed by atoms with Gasteiger partial charge < -0.3 is 10.6 Å². The predicted molar refractivity (Wildman–Crippen MR) is 69.8 cm³/mol. The Bertz CT molecular complexity index is 332. The van der Waals surface area contributed by atoms with E-state index in [1.165, 1.54) is 11.1 Å². The molecule has 0 fully saturated rings. The standard InChI is InChI=1S/C13H23N3/c1-5-12(14)11-9-15-13(8-10(11)4)16(6-2)7-3/h8-9,12H,5-7,14H2,1-4H3/t12-/m0/s1. The van der Waals surface area contributed by atoms with Crippen molar-refractivity contribution in [2.24, 2.45) is 5.73 Å². The molecule has 3 nitrogen and oxygen atoms in total. The van der Waals surface area contributed by atoms with Crippen molar-refractivity contribution < 1.29 is 0 Å². The maximum absolute atomic E-state index is 6.03. The quantitative estimate of drug-likeness (QED) is 0.831. The molecule has 0 aliphatic carbocycles. The van der Waals surface area contributed by atoms with E-state index in [1.807, 2.05) is 6.20 Å². The van der Waals surface area contributed by atoms with Crippen molar-refractivity contribution in [3.63, 3.8) is 0 Å². The molecule has 0 saturated heterocycles. The lowest BCUT2D eigenvalue weighted by Crippen LogP contribution is -2.23. The van der Waals surface area contributed by atoms with Crippen LogP contribution in [0.1, 0.15) is 44.4 Å². The lowest BCUT2D eigenvalue weighted by atomic mass is 10.0. The topological polar surface area (TPSA) is 42.1 Å². The Hall–Kier alpha value is -1.09. The molecule has 1 rings (SSSR count). The first-order valence-electron chi connectivity index (χ1n) is 6.11. The lowest BCUT2D eigenvalue weighted by molar-refractivity contribution is 0.689. The second kappa shape index (κ2) is 5.85. The van der Waals surface area contributed by atoms with Crippen LogP contribution >= 0.6 is 0 Å². The number of aromatic nitrogens is 1. The van der Waals surface area contributed by atoms with Crippen LogP contribution in [0.3, 0.4) is 0 Å². The van der Waals surface area contributed by atoms with E-state index in [0.717, 1.165) is 25.3 Å². The zero-order chi connectivity index (χ0) is 12.1. The molecule has 1 heterocycles. The highest BCUT2D eigenvalue weighted by Gasteiger charge is 2.10. The zero-order valence-corrected chi connectivity index (χ0v) is 10.8. The van der Waals surface area contributed by atoms with E-state index >= 15 is 0 Å². The summed E-state index contributed by atoms with van der Waals surface area (Å²) in [5.74, 6) is 1.05. The van der Waals surface area contributed by atoms with Crippen LogP contribution in [0.4, 0.5) is 5.82 Å². The molecule has 0 radical (unpaired) electrons. The first-order valence-corrected chi connectivity index (χ1v) is 6.11. The summed E-state index contributed by atoms with van der Waals surface area (Å²) in [5, 5.41) is 0. The zero-order valence-electron chi connectivity index (χ0n) is 10.8. The van der Waals surface area contributed by atoms with Gasteiger partial charge in [0, 0.05) is 25.3 Å². The van der Waals surface area contributed by atoms with Gasteiger partial charge in [0.1, 0.15) is 5.82 Å². The van der Waals surface area contributed by atoms with Crippen molar-refractivity contribution in [1.29, 1.82) is 0 Å². The Morgan fingerprint density at radius 3 is 2.38 bits per heavy atom. The van der Waals surface area contributed by atoms with Crippen LogP contribution in [0.2, 0.25) is 0 Å². The average Bonchev–Trinajstić information content (AvgIpc) is 2.30. The van der Waals surface area contributed by atoms with Crippen molar-refractivity contribution in [3.8, 4) is 0 Å². The molecule has 16 heavy (non-hydrogen) atoms. The monoisotopic (exact) mass is 221 g/mol. The molecule has 1 atom stereocenters. The summed E-state index contributed by atoms with van der Waals surface area (Å²) >= 11 is 0. The summed E-state index contributed by atoms with van der Waals surface area (Å²) in [6.07, 6.45) is 2.88. The van der Waals surface area contributed by atoms with Crippen LogP contribution in [0.25, 0.3) is 0 Å². The highest BCUT2D eigenvalue weighted by molar-refractivity contribution is 5.43. The van der Waals surface area contributed by atoms with Crippen molar-refractivity contribution in [2.75, 3.05) is 18.0 Å². The summed E-state index contributed by atoms with van der Waals surface area (Å²) < 4.78 is 0. The number of nitrogens with zero attached hydrogens (tertiary/aromatic N) is 2. The largest absolute Gasteiger partial charge is 0.357 e. The molecule has 0 bridgehead atoms. The van der Waals surface area contributed by atoms with Crippen LogP contribution in [-0.2, 0) is 0 Å². The first kappa shape index (κ1) is 13.0. The number of hydrogen-bond donors (Lipinski definition) is 1. The van der Waals surface area contributed by atoms with Crippen molar-refractivity contribution in [1.82, 2.24) is 4.98 Å². The molecule has 0 aromatic carbocycles. The predicted octanol–water partition coefficient (Wildman–Crippen LogP) is 2.65. The third-order valence-corrected chi connectivity index (χ3v) is 3.06. The smallest absolute Gasteiger partial charge is 0.128 e. The summed E-state index contributed by atoms with van der Waals surface area (Å²) in [4.78, 5) is 6.74. The highest BCUT2D eigenvalue weighted by atomic mass is 15.2. The normalized spacial score (nSPS) is 12.6. The van der Waals surface area contributed by atoms with Gasteiger partial charge >= 0.3 is 0 Å². The first-order chi connectivity index (χ1) is 7.63. The molecule has 0 spiro atoms. The van der Waals surface area contributed by atoms with Crippen LogP contribution < -0.4 is 10.6 Å². The SMILES string of the molecule is CC[C@H](N)c1cnc(N(CC)CC)cc1C. The summed E-state index contributed by atoms with van der Waals surface area (Å²) in [6, 6.07) is 2.25. The summed E-state index contributed by atoms with van der Waals surface area (Å²) in [6.45, 7) is 10.5. The summed E-state index contributed by atoms with van der Waals surface area (Å²) in [7, 11) is 0. The summed E-state index contributed by atoms with van der Waals surface area (Å²) in [5.41, 5.74) is 8.44. The van der Waals surface area contributed by atoms with E-state index < -0.39 is 0 Å². The van der Waals surface area contributed by atoms with E-state index in [2.05, 4.69) is 43.6 Å². The molecular weight excluding hydrogens is 198 g/mol. The number of pyridine rings is 1. The van der Waals surface area contributed by atoms with Gasteiger partial charge in [-0.2, -0.15) is 0 Å². The van der Waals surface area contributed by atoms with Gasteiger partial charge in [-0.15, -0.1) is 0 Å². The molecule has 1 aromatic rings. The minimum absolute atomic E-state index is 0.109. The van der Waals surface area contributed by atoms with Crippen molar-refractivity contribution in [3.05, 3.63) is 23.4 Å². The lowest BCUT2D eigenvalue weighted by Gasteiger charge is -2.21. The molecule has 2 N–H and O–H groups in total. The molecule has 0 aliphatic rings. The van der Waals surface area contributed by atoms with Crippen molar-refractivity contribution in [2.45, 2.75) is 40.2 Å². The van der Waals surface area contributed by atoms with Gasteiger partial charge in [-0.3, -0.25) is 0 Å². The maximum atomic E-state index is 6.03. The second-order valence-electron chi connectivity index (χ2n) is 4.09. The van der Waals surface area contributed by atoms with Crippen LogP contribution in [0.15, 0.2) is 12.3 Å². The fourth-order valence-electron chi connectivity index (χ4n) is 1.88. The van der Waals surface area contributed by atoms with E-state index in [-0.39, 0.29) is 6.04 Å². The molecule has 0 aliphatic heterocycles. The number of rotatable bonds is 5. The average molecular weight is 221 g/mol. The molecule has 1 aromatic heterocycles. The number of hydrogen-bond acceptors (Lipinski definition) is 3. The highest BCUT2D eigenvalue weighted by Crippen LogP contribution is 2.21.